The molecule has 0 saturated heterocycles. The van der Waals surface area contributed by atoms with E-state index < -0.39 is 12.0 Å². The molecule has 0 bridgehead atoms. The number of hydrogen-bond acceptors (Lipinski definition) is 3. The number of carboxylic acids is 1. The van der Waals surface area contributed by atoms with E-state index in [4.69, 9.17) is 16.3 Å². The first-order valence-corrected chi connectivity index (χ1v) is 6.20. The number of aliphatic carboxylic acids is 1. The zero-order valence-electron chi connectivity index (χ0n) is 11.1. The fourth-order valence-corrected chi connectivity index (χ4v) is 1.86. The molecule has 1 fully saturated rings. The average molecular weight is 268 g/mol. The van der Waals surface area contributed by atoms with Crippen LogP contribution in [0.2, 0.25) is 0 Å². The summed E-state index contributed by atoms with van der Waals surface area (Å²) in [5.74, 6) is 1.21. The third kappa shape index (κ3) is 5.18. The molecule has 1 aliphatic rings. The monoisotopic (exact) mass is 268 g/mol. The molecule has 0 atom stereocenters. The van der Waals surface area contributed by atoms with Gasteiger partial charge in [-0.25, -0.2) is 4.79 Å². The normalized spacial score (nSPS) is 15.4. The molecule has 2 amide bonds. The molecule has 6 heteroatoms. The van der Waals surface area contributed by atoms with E-state index in [9.17, 15) is 9.59 Å². The zero-order chi connectivity index (χ0) is 14.3. The first-order valence-electron chi connectivity index (χ1n) is 6.20. The highest BCUT2D eigenvalue weighted by Gasteiger charge is 2.42. The molecule has 1 saturated carbocycles. The highest BCUT2D eigenvalue weighted by Crippen LogP contribution is 2.48. The highest BCUT2D eigenvalue weighted by atomic mass is 16.5. The maximum atomic E-state index is 11.8. The molecular weight excluding hydrogens is 248 g/mol. The van der Waals surface area contributed by atoms with Crippen LogP contribution in [0.1, 0.15) is 19.3 Å². The van der Waals surface area contributed by atoms with Crippen molar-refractivity contribution >= 4 is 12.0 Å². The average Bonchev–Trinajstić information content (AvgIpc) is 3.13. The lowest BCUT2D eigenvalue weighted by Gasteiger charge is -2.21. The summed E-state index contributed by atoms with van der Waals surface area (Å²) in [5, 5.41) is 11.5. The van der Waals surface area contributed by atoms with E-state index in [1.165, 1.54) is 0 Å². The van der Waals surface area contributed by atoms with Crippen molar-refractivity contribution in [1.29, 1.82) is 0 Å². The van der Waals surface area contributed by atoms with Crippen molar-refractivity contribution in [2.75, 3.05) is 33.4 Å². The van der Waals surface area contributed by atoms with Crippen molar-refractivity contribution in [3.8, 4) is 12.3 Å². The Labute approximate surface area is 113 Å². The molecule has 19 heavy (non-hydrogen) atoms. The Hall–Kier alpha value is -1.74. The second-order valence-corrected chi connectivity index (χ2v) is 4.86. The molecule has 0 unspecified atom stereocenters. The Kier molecular flexibility index (Phi) is 5.64. The molecule has 0 heterocycles. The van der Waals surface area contributed by atoms with Crippen molar-refractivity contribution in [1.82, 2.24) is 10.2 Å². The number of amides is 2. The number of terminal acetylenes is 1. The Morgan fingerprint density at radius 1 is 1.53 bits per heavy atom. The molecule has 6 nitrogen and oxygen atoms in total. The van der Waals surface area contributed by atoms with Crippen molar-refractivity contribution < 1.29 is 19.4 Å². The molecular formula is C13H20N2O4. The van der Waals surface area contributed by atoms with Crippen LogP contribution in [0.4, 0.5) is 4.79 Å². The minimum absolute atomic E-state index is 0.0107. The Bertz CT molecular complexity index is 371. The van der Waals surface area contributed by atoms with E-state index in [1.807, 2.05) is 0 Å². The Balaban J connectivity index is 2.40. The van der Waals surface area contributed by atoms with Gasteiger partial charge in [0.25, 0.3) is 0 Å². The number of methoxy groups -OCH3 is 1. The maximum absolute atomic E-state index is 11.8. The smallest absolute Gasteiger partial charge is 0.323 e. The molecule has 1 rings (SSSR count). The number of carbonyl (C=O) groups is 2. The van der Waals surface area contributed by atoms with Crippen LogP contribution in [-0.2, 0) is 9.53 Å². The summed E-state index contributed by atoms with van der Waals surface area (Å²) in [6.07, 6.45) is 8.14. The lowest BCUT2D eigenvalue weighted by atomic mass is 10.0. The van der Waals surface area contributed by atoms with Crippen molar-refractivity contribution in [2.24, 2.45) is 5.41 Å². The van der Waals surface area contributed by atoms with E-state index in [2.05, 4.69) is 11.2 Å². The number of carboxylic acid groups (broad SMARTS) is 1. The van der Waals surface area contributed by atoms with Gasteiger partial charge in [0.1, 0.15) is 6.54 Å². The second kappa shape index (κ2) is 7.00. The van der Waals surface area contributed by atoms with Gasteiger partial charge < -0.3 is 20.1 Å². The fourth-order valence-electron chi connectivity index (χ4n) is 1.86. The molecule has 0 aromatic carbocycles. The van der Waals surface area contributed by atoms with Gasteiger partial charge in [-0.2, -0.15) is 0 Å². The molecule has 0 aromatic heterocycles. The molecule has 0 aromatic rings. The topological polar surface area (TPSA) is 78.9 Å². The zero-order valence-corrected chi connectivity index (χ0v) is 11.1. The van der Waals surface area contributed by atoms with Gasteiger partial charge in [-0.15, -0.1) is 6.42 Å². The van der Waals surface area contributed by atoms with Crippen molar-refractivity contribution in [2.45, 2.75) is 19.3 Å². The SMILES string of the molecule is C#CCN(CC(=O)O)C(=O)NCC1(CCOC)CC1. The predicted octanol–water partition coefficient (Wildman–Crippen LogP) is 0.532. The number of hydrogen-bond donors (Lipinski definition) is 2. The fraction of sp³-hybridized carbons (Fsp3) is 0.692. The van der Waals surface area contributed by atoms with Crippen LogP contribution in [0.15, 0.2) is 0 Å². The van der Waals surface area contributed by atoms with E-state index in [0.29, 0.717) is 13.2 Å². The Morgan fingerprint density at radius 3 is 2.68 bits per heavy atom. The number of ether oxygens (including phenoxy) is 1. The van der Waals surface area contributed by atoms with Crippen molar-refractivity contribution in [3.63, 3.8) is 0 Å². The number of nitrogens with one attached hydrogen (secondary N) is 1. The second-order valence-electron chi connectivity index (χ2n) is 4.86. The molecule has 2 N–H and O–H groups in total. The summed E-state index contributed by atoms with van der Waals surface area (Å²) >= 11 is 0. The van der Waals surface area contributed by atoms with Gasteiger partial charge in [0.2, 0.25) is 0 Å². The van der Waals surface area contributed by atoms with Gasteiger partial charge in [0, 0.05) is 20.3 Å². The van der Waals surface area contributed by atoms with Crippen LogP contribution < -0.4 is 5.32 Å². The first kappa shape index (κ1) is 15.3. The molecule has 0 spiro atoms. The van der Waals surface area contributed by atoms with Gasteiger partial charge in [-0.05, 0) is 24.7 Å². The summed E-state index contributed by atoms with van der Waals surface area (Å²) in [5.41, 5.74) is 0.122. The highest BCUT2D eigenvalue weighted by molar-refractivity contribution is 5.80. The van der Waals surface area contributed by atoms with Crippen LogP contribution in [0, 0.1) is 17.8 Å². The van der Waals surface area contributed by atoms with Crippen LogP contribution in [0.5, 0.6) is 0 Å². The van der Waals surface area contributed by atoms with E-state index in [1.54, 1.807) is 7.11 Å². The maximum Gasteiger partial charge on any atom is 0.323 e. The van der Waals surface area contributed by atoms with Gasteiger partial charge in [0.15, 0.2) is 0 Å². The van der Waals surface area contributed by atoms with Gasteiger partial charge >= 0.3 is 12.0 Å². The number of nitrogens with zero attached hydrogens (tertiary/aromatic N) is 1. The van der Waals surface area contributed by atoms with Gasteiger partial charge in [-0.3, -0.25) is 4.79 Å². The molecule has 0 aliphatic heterocycles. The summed E-state index contributed by atoms with van der Waals surface area (Å²) in [4.78, 5) is 23.6. The van der Waals surface area contributed by atoms with Crippen LogP contribution in [0.25, 0.3) is 0 Å². The summed E-state index contributed by atoms with van der Waals surface area (Å²) in [6, 6.07) is -0.427. The summed E-state index contributed by atoms with van der Waals surface area (Å²) in [6.45, 7) is 0.805. The standard InChI is InChI=1S/C13H20N2O4/c1-3-7-15(9-11(16)17)12(18)14-10-13(4-5-13)6-8-19-2/h1H,4-10H2,2H3,(H,14,18)(H,16,17). The lowest BCUT2D eigenvalue weighted by molar-refractivity contribution is -0.137. The van der Waals surface area contributed by atoms with Gasteiger partial charge in [-0.1, -0.05) is 5.92 Å². The minimum atomic E-state index is -1.08. The molecule has 106 valence electrons. The molecule has 1 aliphatic carbocycles. The number of carbonyl (C=O) groups excluding carboxylic acids is 1. The van der Waals surface area contributed by atoms with E-state index >= 15 is 0 Å². The quantitative estimate of drug-likeness (QED) is 0.629. The van der Waals surface area contributed by atoms with Crippen LogP contribution >= 0.6 is 0 Å². The van der Waals surface area contributed by atoms with Crippen molar-refractivity contribution in [3.05, 3.63) is 0 Å². The summed E-state index contributed by atoms with van der Waals surface area (Å²) < 4.78 is 5.04. The lowest BCUT2D eigenvalue weighted by Crippen LogP contribution is -2.44. The van der Waals surface area contributed by atoms with Crippen LogP contribution in [0.3, 0.4) is 0 Å². The summed E-state index contributed by atoms with van der Waals surface area (Å²) in [7, 11) is 1.65. The third-order valence-electron chi connectivity index (χ3n) is 3.30. The minimum Gasteiger partial charge on any atom is -0.480 e. The largest absolute Gasteiger partial charge is 0.480 e. The Morgan fingerprint density at radius 2 is 2.21 bits per heavy atom. The van der Waals surface area contributed by atoms with Gasteiger partial charge in [0.05, 0.1) is 6.54 Å². The first-order chi connectivity index (χ1) is 9.03. The molecule has 0 radical (unpaired) electrons. The van der Waals surface area contributed by atoms with E-state index in [-0.39, 0.29) is 18.5 Å². The number of rotatable bonds is 8. The van der Waals surface area contributed by atoms with Crippen LogP contribution in [-0.4, -0.2) is 55.4 Å². The predicted molar refractivity (Wildman–Crippen MR) is 69.6 cm³/mol. The number of urea groups is 1. The van der Waals surface area contributed by atoms with E-state index in [0.717, 1.165) is 24.2 Å². The third-order valence-corrected chi connectivity index (χ3v) is 3.30.